The van der Waals surface area contributed by atoms with Crippen molar-refractivity contribution >= 4 is 17.6 Å². The molecule has 0 atom stereocenters. The highest BCUT2D eigenvalue weighted by Gasteiger charge is 2.20. The number of nitrogens with one attached hydrogen (secondary N) is 2. The molecule has 1 aromatic rings. The smallest absolute Gasteiger partial charge is 0.239 e. The maximum atomic E-state index is 12.0. The zero-order chi connectivity index (χ0) is 16.7. The normalized spacial score (nSPS) is 16.3. The molecule has 1 fully saturated rings. The zero-order valence-corrected chi connectivity index (χ0v) is 13.8. The molecule has 0 aliphatic carbocycles. The minimum atomic E-state index is -0.104. The van der Waals surface area contributed by atoms with Gasteiger partial charge < -0.3 is 15.2 Å². The van der Waals surface area contributed by atoms with Crippen LogP contribution in [0.5, 0.6) is 0 Å². The summed E-state index contributed by atoms with van der Waals surface area (Å²) in [6, 6.07) is 1.69. The maximum absolute atomic E-state index is 12.0. The second-order valence-electron chi connectivity index (χ2n) is 5.77. The predicted molar refractivity (Wildman–Crippen MR) is 86.1 cm³/mol. The van der Waals surface area contributed by atoms with E-state index in [0.29, 0.717) is 24.7 Å². The fraction of sp³-hybridized carbons (Fsp3) is 0.667. The summed E-state index contributed by atoms with van der Waals surface area (Å²) in [5, 5.41) is 9.33. The highest BCUT2D eigenvalue weighted by molar-refractivity contribution is 5.91. The van der Waals surface area contributed by atoms with E-state index >= 15 is 0 Å². The fourth-order valence-corrected chi connectivity index (χ4v) is 2.44. The fourth-order valence-electron chi connectivity index (χ4n) is 2.44. The first-order valence-corrected chi connectivity index (χ1v) is 8.01. The monoisotopic (exact) mass is 323 g/mol. The molecule has 0 spiro atoms. The summed E-state index contributed by atoms with van der Waals surface area (Å²) in [7, 11) is 0. The van der Waals surface area contributed by atoms with Gasteiger partial charge in [-0.1, -0.05) is 12.1 Å². The lowest BCUT2D eigenvalue weighted by Gasteiger charge is -2.33. The van der Waals surface area contributed by atoms with Crippen LogP contribution in [0.4, 0.5) is 5.82 Å². The summed E-state index contributed by atoms with van der Waals surface area (Å²) in [6.07, 6.45) is 0.944. The molecule has 0 radical (unpaired) electrons. The van der Waals surface area contributed by atoms with Crippen LogP contribution < -0.4 is 10.6 Å². The number of anilines is 1. The first-order valence-electron chi connectivity index (χ1n) is 8.01. The second kappa shape index (κ2) is 8.64. The van der Waals surface area contributed by atoms with Crippen molar-refractivity contribution in [2.24, 2.45) is 0 Å². The van der Waals surface area contributed by atoms with Gasteiger partial charge in [0.1, 0.15) is 5.76 Å². The van der Waals surface area contributed by atoms with E-state index in [0.717, 1.165) is 39.1 Å². The molecule has 8 heteroatoms. The molecular formula is C15H25N5O3. The van der Waals surface area contributed by atoms with E-state index in [1.165, 1.54) is 0 Å². The minimum absolute atomic E-state index is 0.0689. The third-order valence-corrected chi connectivity index (χ3v) is 3.67. The van der Waals surface area contributed by atoms with Gasteiger partial charge in [0.2, 0.25) is 11.8 Å². The summed E-state index contributed by atoms with van der Waals surface area (Å²) >= 11 is 0. The van der Waals surface area contributed by atoms with E-state index in [1.54, 1.807) is 13.0 Å². The van der Waals surface area contributed by atoms with Crippen LogP contribution >= 0.6 is 0 Å². The Morgan fingerprint density at radius 1 is 1.17 bits per heavy atom. The Morgan fingerprint density at radius 3 is 2.30 bits per heavy atom. The van der Waals surface area contributed by atoms with Crippen LogP contribution in [0, 0.1) is 6.92 Å². The van der Waals surface area contributed by atoms with Gasteiger partial charge in [0.25, 0.3) is 0 Å². The number of nitrogens with zero attached hydrogens (tertiary/aromatic N) is 3. The number of carbonyl (C=O) groups is 2. The van der Waals surface area contributed by atoms with Gasteiger partial charge in [0.05, 0.1) is 13.1 Å². The number of carbonyl (C=O) groups excluding carboxylic acids is 2. The quantitative estimate of drug-likeness (QED) is 0.738. The molecule has 1 aliphatic heterocycles. The number of rotatable bonds is 7. The molecule has 8 nitrogen and oxygen atoms in total. The van der Waals surface area contributed by atoms with E-state index in [9.17, 15) is 9.59 Å². The van der Waals surface area contributed by atoms with Crippen LogP contribution in [-0.2, 0) is 9.59 Å². The number of amides is 2. The van der Waals surface area contributed by atoms with Gasteiger partial charge in [-0.15, -0.1) is 0 Å². The van der Waals surface area contributed by atoms with Crippen LogP contribution in [0.15, 0.2) is 10.6 Å². The predicted octanol–water partition coefficient (Wildman–Crippen LogP) is 0.0653. The van der Waals surface area contributed by atoms with Gasteiger partial charge >= 0.3 is 0 Å². The van der Waals surface area contributed by atoms with Crippen LogP contribution in [0.3, 0.4) is 0 Å². The molecule has 1 aromatic heterocycles. The Hall–Kier alpha value is -1.93. The van der Waals surface area contributed by atoms with Crippen molar-refractivity contribution in [3.8, 4) is 0 Å². The Kier molecular flexibility index (Phi) is 6.54. The van der Waals surface area contributed by atoms with Crippen LogP contribution in [-0.4, -0.2) is 72.6 Å². The Labute approximate surface area is 136 Å². The van der Waals surface area contributed by atoms with Gasteiger partial charge in [-0.2, -0.15) is 0 Å². The van der Waals surface area contributed by atoms with Crippen molar-refractivity contribution in [2.75, 3.05) is 51.1 Å². The Balaban J connectivity index is 1.66. The van der Waals surface area contributed by atoms with Crippen molar-refractivity contribution in [3.05, 3.63) is 11.8 Å². The van der Waals surface area contributed by atoms with E-state index in [-0.39, 0.29) is 11.8 Å². The standard InChI is InChI=1S/C15H25N5O3/c1-3-4-16-14(21)10-19-5-7-20(8-6-19)11-15(22)17-13-9-12(2)23-18-13/h9H,3-8,10-11H2,1-2H3,(H,16,21)(H,17,18,22). The molecule has 2 amide bonds. The first kappa shape index (κ1) is 17.4. The van der Waals surface area contributed by atoms with Crippen LogP contribution in [0.1, 0.15) is 19.1 Å². The number of hydrogen-bond acceptors (Lipinski definition) is 6. The third-order valence-electron chi connectivity index (χ3n) is 3.67. The second-order valence-corrected chi connectivity index (χ2v) is 5.77. The van der Waals surface area contributed by atoms with Crippen molar-refractivity contribution in [1.82, 2.24) is 20.3 Å². The maximum Gasteiger partial charge on any atom is 0.239 e. The van der Waals surface area contributed by atoms with Gasteiger partial charge in [0.15, 0.2) is 5.82 Å². The summed E-state index contributed by atoms with van der Waals surface area (Å²) in [4.78, 5) is 27.8. The molecule has 2 heterocycles. The topological polar surface area (TPSA) is 90.7 Å². The highest BCUT2D eigenvalue weighted by Crippen LogP contribution is 2.07. The van der Waals surface area contributed by atoms with Gasteiger partial charge in [-0.3, -0.25) is 19.4 Å². The summed E-state index contributed by atoms with van der Waals surface area (Å²) in [6.45, 7) is 8.40. The van der Waals surface area contributed by atoms with E-state index < -0.39 is 0 Å². The highest BCUT2D eigenvalue weighted by atomic mass is 16.5. The van der Waals surface area contributed by atoms with Crippen LogP contribution in [0.2, 0.25) is 0 Å². The lowest BCUT2D eigenvalue weighted by Crippen LogP contribution is -2.51. The van der Waals surface area contributed by atoms with Crippen LogP contribution in [0.25, 0.3) is 0 Å². The zero-order valence-electron chi connectivity index (χ0n) is 13.8. The average Bonchev–Trinajstić information content (AvgIpc) is 2.92. The van der Waals surface area contributed by atoms with E-state index in [1.807, 2.05) is 6.92 Å². The average molecular weight is 323 g/mol. The van der Waals surface area contributed by atoms with Crippen molar-refractivity contribution in [2.45, 2.75) is 20.3 Å². The molecule has 0 unspecified atom stereocenters. The minimum Gasteiger partial charge on any atom is -0.360 e. The molecule has 0 saturated carbocycles. The molecule has 2 N–H and O–H groups in total. The molecule has 128 valence electrons. The van der Waals surface area contributed by atoms with Crippen molar-refractivity contribution < 1.29 is 14.1 Å². The molecule has 0 aromatic carbocycles. The molecule has 23 heavy (non-hydrogen) atoms. The van der Waals surface area contributed by atoms with Crippen molar-refractivity contribution in [1.29, 1.82) is 0 Å². The SMILES string of the molecule is CCCNC(=O)CN1CCN(CC(=O)Nc2cc(C)on2)CC1. The number of aromatic nitrogens is 1. The van der Waals surface area contributed by atoms with E-state index in [2.05, 4.69) is 25.6 Å². The third kappa shape index (κ3) is 5.99. The van der Waals surface area contributed by atoms with E-state index in [4.69, 9.17) is 4.52 Å². The molecule has 1 aliphatic rings. The summed E-state index contributed by atoms with van der Waals surface area (Å²) in [5.41, 5.74) is 0. The summed E-state index contributed by atoms with van der Waals surface area (Å²) < 4.78 is 4.91. The molecule has 2 rings (SSSR count). The number of hydrogen-bond donors (Lipinski definition) is 2. The lowest BCUT2D eigenvalue weighted by atomic mass is 10.3. The number of piperazine rings is 1. The molecule has 1 saturated heterocycles. The first-order chi connectivity index (χ1) is 11.1. The van der Waals surface area contributed by atoms with Gasteiger partial charge in [-0.25, -0.2) is 0 Å². The number of aryl methyl sites for hydroxylation is 1. The lowest BCUT2D eigenvalue weighted by molar-refractivity contribution is -0.123. The van der Waals surface area contributed by atoms with Gasteiger partial charge in [-0.05, 0) is 13.3 Å². The molecular weight excluding hydrogens is 298 g/mol. The van der Waals surface area contributed by atoms with Crippen molar-refractivity contribution in [3.63, 3.8) is 0 Å². The Bertz CT molecular complexity index is 523. The summed E-state index contributed by atoms with van der Waals surface area (Å²) in [5.74, 6) is 1.07. The van der Waals surface area contributed by atoms with Gasteiger partial charge in [0, 0.05) is 38.8 Å². The molecule has 0 bridgehead atoms. The largest absolute Gasteiger partial charge is 0.360 e. The Morgan fingerprint density at radius 2 is 1.78 bits per heavy atom.